The third kappa shape index (κ3) is 4.10. The average molecular weight is 330 g/mol. The van der Waals surface area contributed by atoms with Gasteiger partial charge in [-0.15, -0.1) is 0 Å². The van der Waals surface area contributed by atoms with Crippen LogP contribution in [0.1, 0.15) is 39.5 Å². The summed E-state index contributed by atoms with van der Waals surface area (Å²) in [6.45, 7) is 8.48. The summed E-state index contributed by atoms with van der Waals surface area (Å²) in [5.74, 6) is 0.872. The fourth-order valence-corrected chi connectivity index (χ4v) is 4.15. The van der Waals surface area contributed by atoms with Crippen molar-refractivity contribution in [1.82, 2.24) is 5.32 Å². The molecule has 2 aliphatic rings. The van der Waals surface area contributed by atoms with Gasteiger partial charge in [0, 0.05) is 11.7 Å². The van der Waals surface area contributed by atoms with E-state index in [1.54, 1.807) is 0 Å². The van der Waals surface area contributed by atoms with E-state index in [9.17, 15) is 4.79 Å². The zero-order valence-corrected chi connectivity index (χ0v) is 15.1. The van der Waals surface area contributed by atoms with E-state index < -0.39 is 0 Å². The van der Waals surface area contributed by atoms with Crippen LogP contribution in [-0.4, -0.2) is 44.2 Å². The molecule has 1 amide bonds. The van der Waals surface area contributed by atoms with Crippen molar-refractivity contribution in [3.63, 3.8) is 0 Å². The van der Waals surface area contributed by atoms with Crippen LogP contribution in [0, 0.1) is 5.92 Å². The fourth-order valence-electron chi connectivity index (χ4n) is 4.15. The summed E-state index contributed by atoms with van der Waals surface area (Å²) in [6.07, 6.45) is 4.97. The number of carbonyl (C=O) groups is 1. The van der Waals surface area contributed by atoms with E-state index in [1.165, 1.54) is 29.8 Å². The molecule has 3 rings (SSSR count). The van der Waals surface area contributed by atoms with Crippen molar-refractivity contribution in [1.29, 1.82) is 0 Å². The monoisotopic (exact) mass is 330 g/mol. The van der Waals surface area contributed by atoms with Gasteiger partial charge >= 0.3 is 0 Å². The molecular weight excluding hydrogens is 298 g/mol. The molecule has 1 saturated carbocycles. The number of carbonyl (C=O) groups excluding carboxylic acids is 1. The Balaban J connectivity index is 1.49. The number of benzene rings is 1. The number of para-hydroxylation sites is 1. The van der Waals surface area contributed by atoms with E-state index in [0.717, 1.165) is 32.6 Å². The van der Waals surface area contributed by atoms with Gasteiger partial charge in [-0.2, -0.15) is 0 Å². The highest BCUT2D eigenvalue weighted by molar-refractivity contribution is 5.80. The van der Waals surface area contributed by atoms with Gasteiger partial charge in [0.15, 0.2) is 6.04 Å². The predicted molar refractivity (Wildman–Crippen MR) is 98.4 cm³/mol. The number of rotatable bonds is 4. The summed E-state index contributed by atoms with van der Waals surface area (Å²) in [7, 11) is 0. The van der Waals surface area contributed by atoms with Crippen molar-refractivity contribution >= 4 is 11.6 Å². The highest BCUT2D eigenvalue weighted by Gasteiger charge is 2.31. The van der Waals surface area contributed by atoms with Crippen molar-refractivity contribution < 1.29 is 9.69 Å². The van der Waals surface area contributed by atoms with Crippen molar-refractivity contribution in [3.8, 4) is 0 Å². The number of anilines is 1. The minimum atomic E-state index is 0.0528. The van der Waals surface area contributed by atoms with Crippen molar-refractivity contribution in [3.05, 3.63) is 30.3 Å². The number of quaternary nitrogens is 1. The Bertz CT molecular complexity index is 525. The Morgan fingerprint density at radius 1 is 1.17 bits per heavy atom. The first-order valence-corrected chi connectivity index (χ1v) is 9.60. The second-order valence-electron chi connectivity index (χ2n) is 7.58. The summed E-state index contributed by atoms with van der Waals surface area (Å²) in [5.41, 5.74) is 1.30. The summed E-state index contributed by atoms with van der Waals surface area (Å²) in [5, 5.41) is 3.34. The number of nitrogens with one attached hydrogen (secondary N) is 2. The van der Waals surface area contributed by atoms with E-state index in [1.807, 2.05) is 0 Å². The Hall–Kier alpha value is -1.55. The lowest BCUT2D eigenvalue weighted by Gasteiger charge is -2.37. The van der Waals surface area contributed by atoms with Gasteiger partial charge in [-0.1, -0.05) is 38.0 Å². The van der Waals surface area contributed by atoms with Gasteiger partial charge in [-0.3, -0.25) is 4.79 Å². The van der Waals surface area contributed by atoms with Crippen LogP contribution < -0.4 is 15.1 Å². The molecule has 1 heterocycles. The maximum absolute atomic E-state index is 12.7. The first kappa shape index (κ1) is 17.3. The van der Waals surface area contributed by atoms with Gasteiger partial charge < -0.3 is 15.1 Å². The molecule has 1 saturated heterocycles. The smallest absolute Gasteiger partial charge is 0.278 e. The van der Waals surface area contributed by atoms with Crippen molar-refractivity contribution in [2.75, 3.05) is 31.1 Å². The first-order valence-electron chi connectivity index (χ1n) is 9.60. The highest BCUT2D eigenvalue weighted by atomic mass is 16.2. The van der Waals surface area contributed by atoms with E-state index >= 15 is 0 Å². The maximum Gasteiger partial charge on any atom is 0.278 e. The standard InChI is InChI=1S/C20H31N3O/c1-16-8-6-7-11-19(16)21-20(24)17(2)22-12-14-23(15-13-22)18-9-4-3-5-10-18/h3-5,9-10,16-17,19H,6-8,11-15H2,1-2H3,(H,21,24)/p+1/t16-,17+,19-/m0/s1. The zero-order valence-electron chi connectivity index (χ0n) is 15.1. The molecule has 1 aliphatic carbocycles. The molecule has 24 heavy (non-hydrogen) atoms. The Kier molecular flexibility index (Phi) is 5.77. The van der Waals surface area contributed by atoms with Crippen LogP contribution in [0.25, 0.3) is 0 Å². The van der Waals surface area contributed by atoms with E-state index in [2.05, 4.69) is 54.4 Å². The number of hydrogen-bond donors (Lipinski definition) is 2. The molecule has 1 aliphatic heterocycles. The third-order valence-electron chi connectivity index (χ3n) is 5.97. The molecule has 3 atom stereocenters. The molecule has 4 heteroatoms. The van der Waals surface area contributed by atoms with Crippen LogP contribution in [0.2, 0.25) is 0 Å². The SMILES string of the molecule is C[C@H](C(=O)N[C@H]1CCCC[C@@H]1C)[NH+]1CCN(c2ccccc2)CC1. The Morgan fingerprint density at radius 2 is 1.83 bits per heavy atom. The molecule has 1 aromatic carbocycles. The van der Waals surface area contributed by atoms with Crippen LogP contribution in [0.15, 0.2) is 30.3 Å². The van der Waals surface area contributed by atoms with E-state index in [-0.39, 0.29) is 11.9 Å². The molecule has 2 N–H and O–H groups in total. The lowest BCUT2D eigenvalue weighted by molar-refractivity contribution is -0.914. The topological polar surface area (TPSA) is 36.8 Å². The molecule has 0 unspecified atom stereocenters. The fraction of sp³-hybridized carbons (Fsp3) is 0.650. The molecule has 4 nitrogen and oxygen atoms in total. The number of amides is 1. The Morgan fingerprint density at radius 3 is 2.50 bits per heavy atom. The lowest BCUT2D eigenvalue weighted by atomic mass is 9.86. The van der Waals surface area contributed by atoms with Crippen LogP contribution in [-0.2, 0) is 4.79 Å². The predicted octanol–water partition coefficient (Wildman–Crippen LogP) is 1.47. The molecule has 0 radical (unpaired) electrons. The average Bonchev–Trinajstić information content (AvgIpc) is 2.64. The summed E-state index contributed by atoms with van der Waals surface area (Å²) in [6, 6.07) is 11.0. The molecule has 0 aromatic heterocycles. The van der Waals surface area contributed by atoms with Crippen molar-refractivity contribution in [2.45, 2.75) is 51.6 Å². The van der Waals surface area contributed by atoms with Gasteiger partial charge in [0.25, 0.3) is 5.91 Å². The molecular formula is C20H32N3O+. The summed E-state index contributed by atoms with van der Waals surface area (Å²) < 4.78 is 0. The highest BCUT2D eigenvalue weighted by Crippen LogP contribution is 2.23. The number of piperazine rings is 1. The lowest BCUT2D eigenvalue weighted by Crippen LogP contribution is -3.19. The van der Waals surface area contributed by atoms with Crippen LogP contribution in [0.3, 0.4) is 0 Å². The van der Waals surface area contributed by atoms with E-state index in [4.69, 9.17) is 0 Å². The second kappa shape index (κ2) is 8.02. The van der Waals surface area contributed by atoms with Crippen LogP contribution >= 0.6 is 0 Å². The van der Waals surface area contributed by atoms with Gasteiger partial charge in [0.1, 0.15) is 0 Å². The molecule has 1 aromatic rings. The maximum atomic E-state index is 12.7. The van der Waals surface area contributed by atoms with Gasteiger partial charge in [-0.25, -0.2) is 0 Å². The van der Waals surface area contributed by atoms with Crippen molar-refractivity contribution in [2.24, 2.45) is 5.92 Å². The molecule has 0 bridgehead atoms. The molecule has 2 fully saturated rings. The first-order chi connectivity index (χ1) is 11.6. The number of nitrogens with zero attached hydrogens (tertiary/aromatic N) is 1. The van der Waals surface area contributed by atoms with Gasteiger partial charge in [-0.05, 0) is 37.8 Å². The van der Waals surface area contributed by atoms with Crippen LogP contribution in [0.4, 0.5) is 5.69 Å². The number of hydrogen-bond acceptors (Lipinski definition) is 2. The second-order valence-corrected chi connectivity index (χ2v) is 7.58. The Labute approximate surface area is 146 Å². The summed E-state index contributed by atoms with van der Waals surface area (Å²) in [4.78, 5) is 16.5. The van der Waals surface area contributed by atoms with Gasteiger partial charge in [0.2, 0.25) is 0 Å². The van der Waals surface area contributed by atoms with E-state index in [0.29, 0.717) is 12.0 Å². The molecule has 132 valence electrons. The normalized spacial score (nSPS) is 26.8. The quantitative estimate of drug-likeness (QED) is 0.877. The third-order valence-corrected chi connectivity index (χ3v) is 5.97. The minimum Gasteiger partial charge on any atom is -0.360 e. The summed E-state index contributed by atoms with van der Waals surface area (Å²) >= 11 is 0. The zero-order chi connectivity index (χ0) is 16.9. The minimum absolute atomic E-state index is 0.0528. The molecule has 0 spiro atoms. The van der Waals surface area contributed by atoms with Crippen LogP contribution in [0.5, 0.6) is 0 Å². The van der Waals surface area contributed by atoms with Gasteiger partial charge in [0.05, 0.1) is 26.2 Å². The largest absolute Gasteiger partial charge is 0.360 e.